The molecule has 0 aliphatic rings. The molecule has 0 atom stereocenters. The maximum absolute atomic E-state index is 12.3. The van der Waals surface area contributed by atoms with Crippen LogP contribution in [0.1, 0.15) is 17.3 Å². The van der Waals surface area contributed by atoms with Gasteiger partial charge in [0.1, 0.15) is 0 Å². The van der Waals surface area contributed by atoms with Crippen LogP contribution in [0.15, 0.2) is 47.4 Å². The number of halogens is 4. The molecule has 0 aliphatic carbocycles. The minimum Gasteiger partial charge on any atom is -0.326 e. The van der Waals surface area contributed by atoms with Crippen LogP contribution in [0.4, 0.5) is 24.5 Å². The monoisotopic (exact) mass is 388 g/mol. The summed E-state index contributed by atoms with van der Waals surface area (Å²) in [6.45, 7) is 1.34. The summed E-state index contributed by atoms with van der Waals surface area (Å²) in [5.74, 6) is -0.817. The highest BCUT2D eigenvalue weighted by Crippen LogP contribution is 2.36. The summed E-state index contributed by atoms with van der Waals surface area (Å²) in [7, 11) is 0. The number of thioether (sulfide) groups is 1. The van der Waals surface area contributed by atoms with Crippen molar-refractivity contribution in [3.8, 4) is 0 Å². The molecule has 2 rings (SSSR count). The Labute approximate surface area is 150 Å². The molecule has 4 nitrogen and oxygen atoms in total. The molecule has 0 radical (unpaired) electrons. The van der Waals surface area contributed by atoms with Gasteiger partial charge < -0.3 is 10.6 Å². The van der Waals surface area contributed by atoms with Crippen molar-refractivity contribution in [1.29, 1.82) is 0 Å². The number of benzene rings is 2. The van der Waals surface area contributed by atoms with Crippen LogP contribution in [-0.4, -0.2) is 17.3 Å². The molecular weight excluding hydrogens is 377 g/mol. The fraction of sp³-hybridized carbons (Fsp3) is 0.125. The van der Waals surface area contributed by atoms with Gasteiger partial charge in [-0.25, -0.2) is 0 Å². The normalized spacial score (nSPS) is 11.1. The van der Waals surface area contributed by atoms with E-state index in [1.807, 2.05) is 0 Å². The van der Waals surface area contributed by atoms with E-state index in [1.165, 1.54) is 43.3 Å². The first-order valence-corrected chi connectivity index (χ1v) is 8.08. The summed E-state index contributed by atoms with van der Waals surface area (Å²) in [4.78, 5) is 23.3. The first-order chi connectivity index (χ1) is 11.6. The quantitative estimate of drug-likeness (QED) is 0.711. The van der Waals surface area contributed by atoms with Crippen molar-refractivity contribution in [3.63, 3.8) is 0 Å². The van der Waals surface area contributed by atoms with Crippen LogP contribution in [-0.2, 0) is 4.79 Å². The second-order valence-electron chi connectivity index (χ2n) is 4.90. The third-order valence-corrected chi connectivity index (χ3v) is 3.95. The van der Waals surface area contributed by atoms with Gasteiger partial charge in [-0.3, -0.25) is 9.59 Å². The number of anilines is 2. The number of alkyl halides is 3. The smallest absolute Gasteiger partial charge is 0.326 e. The molecule has 0 bridgehead atoms. The average molecular weight is 389 g/mol. The molecule has 0 aliphatic heterocycles. The molecule has 0 saturated heterocycles. The summed E-state index contributed by atoms with van der Waals surface area (Å²) in [6, 6.07) is 9.55. The Morgan fingerprint density at radius 2 is 1.68 bits per heavy atom. The summed E-state index contributed by atoms with van der Waals surface area (Å²) in [5.41, 5.74) is -3.50. The molecule has 0 unspecified atom stereocenters. The van der Waals surface area contributed by atoms with E-state index in [0.29, 0.717) is 5.69 Å². The summed E-state index contributed by atoms with van der Waals surface area (Å²) in [5, 5.41) is 5.37. The van der Waals surface area contributed by atoms with E-state index in [-0.39, 0.29) is 38.8 Å². The van der Waals surface area contributed by atoms with E-state index in [4.69, 9.17) is 11.6 Å². The summed E-state index contributed by atoms with van der Waals surface area (Å²) in [6.07, 6.45) is 0. The predicted molar refractivity (Wildman–Crippen MR) is 92.1 cm³/mol. The maximum Gasteiger partial charge on any atom is 0.446 e. The van der Waals surface area contributed by atoms with Crippen LogP contribution >= 0.6 is 23.4 Å². The second-order valence-corrected chi connectivity index (χ2v) is 6.45. The minimum atomic E-state index is -4.39. The van der Waals surface area contributed by atoms with Gasteiger partial charge in [-0.15, -0.1) is 0 Å². The third kappa shape index (κ3) is 5.99. The highest BCUT2D eigenvalue weighted by Gasteiger charge is 2.29. The molecule has 0 aromatic heterocycles. The van der Waals surface area contributed by atoms with Gasteiger partial charge >= 0.3 is 5.51 Å². The van der Waals surface area contributed by atoms with E-state index >= 15 is 0 Å². The van der Waals surface area contributed by atoms with E-state index < -0.39 is 11.4 Å². The van der Waals surface area contributed by atoms with Crippen molar-refractivity contribution >= 4 is 46.6 Å². The van der Waals surface area contributed by atoms with Gasteiger partial charge in [0.2, 0.25) is 5.91 Å². The lowest BCUT2D eigenvalue weighted by Crippen LogP contribution is -2.13. The van der Waals surface area contributed by atoms with Gasteiger partial charge in [0, 0.05) is 23.1 Å². The molecule has 2 aromatic carbocycles. The number of nitrogens with one attached hydrogen (secondary N) is 2. The van der Waals surface area contributed by atoms with Crippen LogP contribution in [0.2, 0.25) is 5.02 Å². The molecule has 9 heteroatoms. The highest BCUT2D eigenvalue weighted by atomic mass is 35.5. The average Bonchev–Trinajstić information content (AvgIpc) is 2.49. The van der Waals surface area contributed by atoms with E-state index in [2.05, 4.69) is 10.6 Å². The van der Waals surface area contributed by atoms with Crippen molar-refractivity contribution in [3.05, 3.63) is 53.1 Å². The van der Waals surface area contributed by atoms with Crippen molar-refractivity contribution < 1.29 is 22.8 Å². The van der Waals surface area contributed by atoms with Gasteiger partial charge in [-0.2, -0.15) is 13.2 Å². The molecule has 2 amide bonds. The molecule has 0 saturated carbocycles. The number of carbonyl (C=O) groups is 2. The van der Waals surface area contributed by atoms with Gasteiger partial charge in [0.05, 0.1) is 10.7 Å². The molecular formula is C16H12ClF3N2O2S. The second kappa shape index (κ2) is 7.79. The van der Waals surface area contributed by atoms with E-state index in [9.17, 15) is 22.8 Å². The standard InChI is InChI=1S/C16H12ClF3N2O2S/c1-9(23)21-11-4-7-13(17)14(8-11)22-15(24)10-2-5-12(6-3-10)25-16(18,19)20/h2-8H,1H3,(H,21,23)(H,22,24). The Morgan fingerprint density at radius 1 is 1.04 bits per heavy atom. The van der Waals surface area contributed by atoms with Crippen LogP contribution in [0, 0.1) is 0 Å². The molecule has 0 spiro atoms. The number of hydrogen-bond acceptors (Lipinski definition) is 3. The zero-order valence-electron chi connectivity index (χ0n) is 12.8. The number of amides is 2. The Balaban J connectivity index is 2.12. The zero-order valence-corrected chi connectivity index (χ0v) is 14.4. The molecule has 0 heterocycles. The lowest BCUT2D eigenvalue weighted by atomic mass is 10.2. The lowest BCUT2D eigenvalue weighted by Gasteiger charge is -2.10. The Hall–Kier alpha value is -2.19. The molecule has 25 heavy (non-hydrogen) atoms. The van der Waals surface area contributed by atoms with Crippen molar-refractivity contribution in [2.75, 3.05) is 10.6 Å². The first kappa shape index (κ1) is 19.1. The van der Waals surface area contributed by atoms with Gasteiger partial charge in [0.25, 0.3) is 5.91 Å². The summed E-state index contributed by atoms with van der Waals surface area (Å²) < 4.78 is 36.9. The Morgan fingerprint density at radius 3 is 2.24 bits per heavy atom. The van der Waals surface area contributed by atoms with E-state index in [1.54, 1.807) is 6.07 Å². The van der Waals surface area contributed by atoms with Crippen molar-refractivity contribution in [2.24, 2.45) is 0 Å². The van der Waals surface area contributed by atoms with Crippen LogP contribution in [0.25, 0.3) is 0 Å². The molecule has 2 aromatic rings. The molecule has 0 fully saturated rings. The summed E-state index contributed by atoms with van der Waals surface area (Å²) >= 11 is 5.75. The van der Waals surface area contributed by atoms with Crippen LogP contribution in [0.3, 0.4) is 0 Å². The van der Waals surface area contributed by atoms with Crippen molar-refractivity contribution in [1.82, 2.24) is 0 Å². The SMILES string of the molecule is CC(=O)Nc1ccc(Cl)c(NC(=O)c2ccc(SC(F)(F)F)cc2)c1. The highest BCUT2D eigenvalue weighted by molar-refractivity contribution is 8.00. The molecule has 2 N–H and O–H groups in total. The molecule has 132 valence electrons. The van der Waals surface area contributed by atoms with Gasteiger partial charge in [-0.05, 0) is 54.2 Å². The number of hydrogen-bond donors (Lipinski definition) is 2. The van der Waals surface area contributed by atoms with Crippen LogP contribution in [0.5, 0.6) is 0 Å². The fourth-order valence-electron chi connectivity index (χ4n) is 1.90. The lowest BCUT2D eigenvalue weighted by molar-refractivity contribution is -0.114. The topological polar surface area (TPSA) is 58.2 Å². The van der Waals surface area contributed by atoms with E-state index in [0.717, 1.165) is 0 Å². The first-order valence-electron chi connectivity index (χ1n) is 6.88. The van der Waals surface area contributed by atoms with Crippen LogP contribution < -0.4 is 10.6 Å². The maximum atomic E-state index is 12.3. The number of rotatable bonds is 4. The number of carbonyl (C=O) groups excluding carboxylic acids is 2. The van der Waals surface area contributed by atoms with Crippen molar-refractivity contribution in [2.45, 2.75) is 17.3 Å². The Bertz CT molecular complexity index is 795. The van der Waals surface area contributed by atoms with Gasteiger partial charge in [0.15, 0.2) is 0 Å². The predicted octanol–water partition coefficient (Wildman–Crippen LogP) is 5.16. The fourth-order valence-corrected chi connectivity index (χ4v) is 2.61. The Kier molecular flexibility index (Phi) is 5.97. The minimum absolute atomic E-state index is 0.0188. The zero-order chi connectivity index (χ0) is 18.6. The van der Waals surface area contributed by atoms with Gasteiger partial charge in [-0.1, -0.05) is 11.6 Å². The third-order valence-electron chi connectivity index (χ3n) is 2.89. The largest absolute Gasteiger partial charge is 0.446 e.